The molecule has 2 N–H and O–H groups in total. The van der Waals surface area contributed by atoms with Gasteiger partial charge in [0.1, 0.15) is 11.5 Å². The van der Waals surface area contributed by atoms with Gasteiger partial charge in [-0.3, -0.25) is 13.9 Å². The molecule has 0 aliphatic carbocycles. The van der Waals surface area contributed by atoms with Gasteiger partial charge < -0.3 is 14.2 Å². The highest BCUT2D eigenvalue weighted by atomic mass is 32.3. The van der Waals surface area contributed by atoms with Gasteiger partial charge in [0.05, 0.1) is 31.7 Å². The SMILES string of the molecule is COC(=O)CCc1cn(S(O)(O)c2ccc(OC)cc2)c2ccc(OC)cc12. The molecule has 0 spiro atoms. The van der Waals surface area contributed by atoms with Crippen LogP contribution in [0.2, 0.25) is 0 Å². The summed E-state index contributed by atoms with van der Waals surface area (Å²) in [6.45, 7) is 0. The average Bonchev–Trinajstić information content (AvgIpc) is 3.10. The summed E-state index contributed by atoms with van der Waals surface area (Å²) < 4.78 is 38.6. The van der Waals surface area contributed by atoms with Crippen molar-refractivity contribution in [2.24, 2.45) is 0 Å². The van der Waals surface area contributed by atoms with E-state index < -0.39 is 10.8 Å². The van der Waals surface area contributed by atoms with Crippen molar-refractivity contribution in [3.05, 3.63) is 54.2 Å². The molecule has 0 bridgehead atoms. The highest BCUT2D eigenvalue weighted by Gasteiger charge is 2.23. The zero-order valence-electron chi connectivity index (χ0n) is 15.9. The molecule has 0 atom stereocenters. The minimum Gasteiger partial charge on any atom is -0.497 e. The molecular formula is C20H23NO6S. The number of fused-ring (bicyclic) bond motifs is 1. The molecule has 0 radical (unpaired) electrons. The number of aromatic nitrogens is 1. The first-order chi connectivity index (χ1) is 13.4. The lowest BCUT2D eigenvalue weighted by Crippen LogP contribution is -2.08. The number of methoxy groups -OCH3 is 3. The van der Waals surface area contributed by atoms with E-state index in [0.29, 0.717) is 28.3 Å². The second kappa shape index (κ2) is 8.14. The summed E-state index contributed by atoms with van der Waals surface area (Å²) in [7, 11) is 1.13. The van der Waals surface area contributed by atoms with E-state index in [0.717, 1.165) is 10.9 Å². The van der Waals surface area contributed by atoms with Gasteiger partial charge in [-0.1, -0.05) is 10.8 Å². The van der Waals surface area contributed by atoms with Crippen molar-refractivity contribution in [1.82, 2.24) is 3.97 Å². The average molecular weight is 405 g/mol. The first kappa shape index (κ1) is 20.1. The lowest BCUT2D eigenvalue weighted by molar-refractivity contribution is -0.140. The van der Waals surface area contributed by atoms with Gasteiger partial charge >= 0.3 is 5.97 Å². The van der Waals surface area contributed by atoms with Crippen LogP contribution in [0.25, 0.3) is 10.9 Å². The summed E-state index contributed by atoms with van der Waals surface area (Å²) in [4.78, 5) is 11.9. The maximum absolute atomic E-state index is 11.6. The molecule has 2 aromatic carbocycles. The van der Waals surface area contributed by atoms with E-state index in [4.69, 9.17) is 14.2 Å². The Hall–Kier alpha value is -2.68. The highest BCUT2D eigenvalue weighted by molar-refractivity contribution is 8.23. The minimum atomic E-state index is -3.33. The molecule has 0 aliphatic heterocycles. The van der Waals surface area contributed by atoms with E-state index in [-0.39, 0.29) is 12.4 Å². The van der Waals surface area contributed by atoms with Gasteiger partial charge in [0.2, 0.25) is 0 Å². The Balaban J connectivity index is 2.09. The Morgan fingerprint density at radius 2 is 1.64 bits per heavy atom. The van der Waals surface area contributed by atoms with Gasteiger partial charge in [-0.2, -0.15) is 0 Å². The van der Waals surface area contributed by atoms with Gasteiger partial charge in [-0.25, -0.2) is 3.97 Å². The van der Waals surface area contributed by atoms with E-state index >= 15 is 0 Å². The molecule has 0 saturated carbocycles. The molecule has 0 unspecified atom stereocenters. The maximum atomic E-state index is 11.6. The number of ether oxygens (including phenoxy) is 3. The zero-order chi connectivity index (χ0) is 20.3. The van der Waals surface area contributed by atoms with Gasteiger partial charge in [-0.15, -0.1) is 0 Å². The van der Waals surface area contributed by atoms with Crippen molar-refractivity contribution in [1.29, 1.82) is 0 Å². The number of carbonyl (C=O) groups excluding carboxylic acids is 1. The monoisotopic (exact) mass is 405 g/mol. The van der Waals surface area contributed by atoms with Crippen molar-refractivity contribution in [2.75, 3.05) is 21.3 Å². The predicted molar refractivity (Wildman–Crippen MR) is 108 cm³/mol. The molecule has 0 amide bonds. The van der Waals surface area contributed by atoms with Crippen molar-refractivity contribution in [2.45, 2.75) is 17.7 Å². The summed E-state index contributed by atoms with van der Waals surface area (Å²) in [6, 6.07) is 11.9. The van der Waals surface area contributed by atoms with Crippen LogP contribution in [0, 0.1) is 0 Å². The normalized spacial score (nSPS) is 12.0. The summed E-state index contributed by atoms with van der Waals surface area (Å²) in [5, 5.41) is 0.789. The topological polar surface area (TPSA) is 90.2 Å². The summed E-state index contributed by atoms with van der Waals surface area (Å²) in [5.74, 6) is 0.941. The van der Waals surface area contributed by atoms with Crippen LogP contribution < -0.4 is 9.47 Å². The Morgan fingerprint density at radius 3 is 2.25 bits per heavy atom. The summed E-state index contributed by atoms with van der Waals surface area (Å²) in [6.07, 6.45) is 2.27. The molecule has 3 rings (SSSR count). The quantitative estimate of drug-likeness (QED) is 0.569. The highest BCUT2D eigenvalue weighted by Crippen LogP contribution is 2.52. The van der Waals surface area contributed by atoms with Crippen LogP contribution in [0.1, 0.15) is 12.0 Å². The van der Waals surface area contributed by atoms with Crippen molar-refractivity contribution >= 4 is 27.6 Å². The minimum absolute atomic E-state index is 0.189. The van der Waals surface area contributed by atoms with Crippen molar-refractivity contribution in [3.8, 4) is 11.5 Å². The molecule has 3 aromatic rings. The fourth-order valence-corrected chi connectivity index (χ4v) is 4.43. The van der Waals surface area contributed by atoms with Crippen molar-refractivity contribution < 1.29 is 28.1 Å². The first-order valence-electron chi connectivity index (χ1n) is 8.58. The second-order valence-corrected chi connectivity index (χ2v) is 8.04. The van der Waals surface area contributed by atoms with E-state index in [1.54, 1.807) is 56.8 Å². The smallest absolute Gasteiger partial charge is 0.305 e. The fraction of sp³-hybridized carbons (Fsp3) is 0.250. The maximum Gasteiger partial charge on any atom is 0.305 e. The lowest BCUT2D eigenvalue weighted by Gasteiger charge is -2.34. The summed E-state index contributed by atoms with van der Waals surface area (Å²) >= 11 is 0. The number of aryl methyl sites for hydroxylation is 1. The van der Waals surface area contributed by atoms with E-state index in [9.17, 15) is 13.9 Å². The Labute approximate surface area is 164 Å². The van der Waals surface area contributed by atoms with E-state index in [2.05, 4.69) is 0 Å². The number of esters is 1. The number of rotatable bonds is 7. The number of hydrogen-bond acceptors (Lipinski definition) is 6. The van der Waals surface area contributed by atoms with Crippen molar-refractivity contribution in [3.63, 3.8) is 0 Å². The molecule has 1 aromatic heterocycles. The number of nitrogens with zero attached hydrogens (tertiary/aromatic N) is 1. The van der Waals surface area contributed by atoms with Crippen LogP contribution in [0.15, 0.2) is 53.6 Å². The number of benzene rings is 2. The number of carbonyl (C=O) groups is 1. The Morgan fingerprint density at radius 1 is 1.00 bits per heavy atom. The zero-order valence-corrected chi connectivity index (χ0v) is 16.7. The fourth-order valence-electron chi connectivity index (χ4n) is 2.99. The largest absolute Gasteiger partial charge is 0.497 e. The molecule has 0 aliphatic rings. The van der Waals surface area contributed by atoms with Crippen LogP contribution in [-0.2, 0) is 16.0 Å². The van der Waals surface area contributed by atoms with Gasteiger partial charge in [0, 0.05) is 18.0 Å². The van der Waals surface area contributed by atoms with E-state index in [1.165, 1.54) is 11.1 Å². The molecule has 1 heterocycles. The van der Waals surface area contributed by atoms with Crippen LogP contribution >= 0.6 is 10.8 Å². The Kier molecular flexibility index (Phi) is 5.83. The van der Waals surface area contributed by atoms with Gasteiger partial charge in [-0.05, 0) is 54.4 Å². The lowest BCUT2D eigenvalue weighted by atomic mass is 10.1. The van der Waals surface area contributed by atoms with Crippen LogP contribution in [-0.4, -0.2) is 40.4 Å². The van der Waals surface area contributed by atoms with Crippen LogP contribution in [0.4, 0.5) is 0 Å². The van der Waals surface area contributed by atoms with Crippen LogP contribution in [0.3, 0.4) is 0 Å². The molecule has 0 fully saturated rings. The van der Waals surface area contributed by atoms with Crippen LogP contribution in [0.5, 0.6) is 11.5 Å². The number of hydrogen-bond donors (Lipinski definition) is 2. The third-order valence-electron chi connectivity index (χ3n) is 4.54. The third kappa shape index (κ3) is 3.80. The molecule has 0 saturated heterocycles. The molecule has 28 heavy (non-hydrogen) atoms. The molecule has 8 heteroatoms. The first-order valence-corrected chi connectivity index (χ1v) is 10.1. The van der Waals surface area contributed by atoms with Gasteiger partial charge in [0.25, 0.3) is 0 Å². The Bertz CT molecular complexity index is 980. The molecule has 150 valence electrons. The van der Waals surface area contributed by atoms with Gasteiger partial charge in [0.15, 0.2) is 0 Å². The molecule has 7 nitrogen and oxygen atoms in total. The standard InChI is InChI=1S/C20H23NO6S/c1-25-15-5-8-17(9-6-15)28(23,24)21-13-14(4-11-20(22)27-3)18-12-16(26-2)7-10-19(18)21/h5-10,12-13,23-24H,4,11H2,1-3H3. The second-order valence-electron chi connectivity index (χ2n) is 6.13. The summed E-state index contributed by atoms with van der Waals surface area (Å²) in [5.41, 5.74) is 1.43. The molecular weight excluding hydrogens is 382 g/mol. The van der Waals surface area contributed by atoms with E-state index in [1.807, 2.05) is 6.07 Å². The predicted octanol–water partition coefficient (Wildman–Crippen LogP) is 4.34. The third-order valence-corrected chi connectivity index (χ3v) is 6.29.